The third-order valence-corrected chi connectivity index (χ3v) is 4.63. The smallest absolute Gasteiger partial charge is 0.175 e. The van der Waals surface area contributed by atoms with Gasteiger partial charge < -0.3 is 15.2 Å². The minimum absolute atomic E-state index is 0.372. The van der Waals surface area contributed by atoms with E-state index in [1.807, 2.05) is 0 Å². The van der Waals surface area contributed by atoms with Gasteiger partial charge in [0, 0.05) is 6.04 Å². The van der Waals surface area contributed by atoms with Crippen molar-refractivity contribution in [1.82, 2.24) is 4.90 Å². The Morgan fingerprint density at radius 2 is 2.16 bits per heavy atom. The van der Waals surface area contributed by atoms with Gasteiger partial charge >= 0.3 is 0 Å². The number of hydrogen-bond donors (Lipinski definition) is 1. The fourth-order valence-corrected chi connectivity index (χ4v) is 3.68. The van der Waals surface area contributed by atoms with Crippen LogP contribution in [0.5, 0.6) is 11.5 Å². The van der Waals surface area contributed by atoms with Gasteiger partial charge in [-0.25, -0.2) is 0 Å². The van der Waals surface area contributed by atoms with Crippen LogP contribution in [0.4, 0.5) is 0 Å². The molecule has 0 aliphatic carbocycles. The van der Waals surface area contributed by atoms with Crippen molar-refractivity contribution >= 4 is 15.9 Å². The van der Waals surface area contributed by atoms with Crippen molar-refractivity contribution in [2.75, 3.05) is 33.4 Å². The minimum atomic E-state index is 0.372. The van der Waals surface area contributed by atoms with Crippen molar-refractivity contribution in [3.63, 3.8) is 0 Å². The molecular weight excluding hydrogens is 308 g/mol. The van der Waals surface area contributed by atoms with Gasteiger partial charge in [-0.1, -0.05) is 0 Å². The van der Waals surface area contributed by atoms with Crippen molar-refractivity contribution in [3.05, 3.63) is 22.2 Å². The molecule has 0 amide bonds. The van der Waals surface area contributed by atoms with Crippen LogP contribution in [0.25, 0.3) is 0 Å². The first kappa shape index (κ1) is 13.2. The Kier molecular flexibility index (Phi) is 3.69. The molecule has 1 saturated heterocycles. The fraction of sp³-hybridized carbons (Fsp3) is 0.571. The zero-order valence-corrected chi connectivity index (χ0v) is 12.6. The fourth-order valence-electron chi connectivity index (χ4n) is 3.10. The van der Waals surface area contributed by atoms with Crippen molar-refractivity contribution in [2.24, 2.45) is 11.7 Å². The number of hydrogen-bond acceptors (Lipinski definition) is 4. The van der Waals surface area contributed by atoms with Gasteiger partial charge in [-0.15, -0.1) is 0 Å². The first-order valence-corrected chi connectivity index (χ1v) is 7.49. The van der Waals surface area contributed by atoms with Crippen LogP contribution in [0, 0.1) is 5.92 Å². The molecule has 104 valence electrons. The second kappa shape index (κ2) is 5.31. The molecule has 3 rings (SSSR count). The summed E-state index contributed by atoms with van der Waals surface area (Å²) in [5.74, 6) is 2.17. The van der Waals surface area contributed by atoms with E-state index in [0.29, 0.717) is 25.2 Å². The normalized spacial score (nSPS) is 26.7. The number of nitrogens with zero attached hydrogens (tertiary/aromatic N) is 1. The van der Waals surface area contributed by atoms with Crippen LogP contribution in [-0.2, 0) is 0 Å². The number of rotatable bonds is 2. The quantitative estimate of drug-likeness (QED) is 0.904. The van der Waals surface area contributed by atoms with Crippen LogP contribution >= 0.6 is 15.9 Å². The zero-order valence-electron chi connectivity index (χ0n) is 11.1. The predicted molar refractivity (Wildman–Crippen MR) is 77.7 cm³/mol. The first-order valence-electron chi connectivity index (χ1n) is 6.70. The number of nitrogens with two attached hydrogens (primary N) is 1. The summed E-state index contributed by atoms with van der Waals surface area (Å²) in [5.41, 5.74) is 7.16. The molecule has 2 atom stereocenters. The maximum Gasteiger partial charge on any atom is 0.175 e. The highest BCUT2D eigenvalue weighted by Crippen LogP contribution is 2.43. The lowest BCUT2D eigenvalue weighted by molar-refractivity contribution is 0.169. The van der Waals surface area contributed by atoms with Gasteiger partial charge in [-0.05, 0) is 66.1 Å². The maximum absolute atomic E-state index is 5.91. The van der Waals surface area contributed by atoms with E-state index >= 15 is 0 Å². The molecule has 2 unspecified atom stereocenters. The molecule has 0 radical (unpaired) electrons. The number of ether oxygens (including phenoxy) is 2. The molecule has 1 aromatic rings. The molecule has 0 saturated carbocycles. The van der Waals surface area contributed by atoms with Crippen LogP contribution in [-0.4, -0.2) is 38.3 Å². The molecule has 19 heavy (non-hydrogen) atoms. The van der Waals surface area contributed by atoms with E-state index < -0.39 is 0 Å². The Balaban J connectivity index is 1.98. The minimum Gasteiger partial charge on any atom is -0.486 e. The number of fused-ring (bicyclic) bond motifs is 1. The SMILES string of the molecule is CN1CCC(CN)C1c1cc(Br)c2c(c1)OCCO2. The molecule has 2 aliphatic heterocycles. The maximum atomic E-state index is 5.91. The van der Waals surface area contributed by atoms with Gasteiger partial charge in [0.1, 0.15) is 13.2 Å². The summed E-state index contributed by atoms with van der Waals surface area (Å²) in [7, 11) is 2.16. The summed E-state index contributed by atoms with van der Waals surface area (Å²) in [6.45, 7) is 3.04. The molecule has 1 aromatic carbocycles. The van der Waals surface area contributed by atoms with E-state index in [0.717, 1.165) is 35.5 Å². The average Bonchev–Trinajstić information content (AvgIpc) is 2.80. The Labute approximate surface area is 122 Å². The first-order chi connectivity index (χ1) is 9.20. The van der Waals surface area contributed by atoms with E-state index in [1.165, 1.54) is 5.56 Å². The monoisotopic (exact) mass is 326 g/mol. The highest BCUT2D eigenvalue weighted by atomic mass is 79.9. The van der Waals surface area contributed by atoms with Gasteiger partial charge in [0.25, 0.3) is 0 Å². The van der Waals surface area contributed by atoms with Gasteiger partial charge in [-0.3, -0.25) is 4.90 Å². The van der Waals surface area contributed by atoms with Crippen molar-refractivity contribution < 1.29 is 9.47 Å². The van der Waals surface area contributed by atoms with Gasteiger partial charge in [-0.2, -0.15) is 0 Å². The van der Waals surface area contributed by atoms with Gasteiger partial charge in [0.15, 0.2) is 11.5 Å². The summed E-state index contributed by atoms with van der Waals surface area (Å²) >= 11 is 3.59. The summed E-state index contributed by atoms with van der Waals surface area (Å²) in [5, 5.41) is 0. The molecule has 2 heterocycles. The summed E-state index contributed by atoms with van der Waals surface area (Å²) in [6, 6.07) is 4.62. The molecule has 0 aromatic heterocycles. The lowest BCUT2D eigenvalue weighted by atomic mass is 9.93. The summed E-state index contributed by atoms with van der Waals surface area (Å²) in [6.07, 6.45) is 1.16. The lowest BCUT2D eigenvalue weighted by Crippen LogP contribution is -2.25. The molecule has 0 bridgehead atoms. The van der Waals surface area contributed by atoms with Crippen LogP contribution in [0.1, 0.15) is 18.0 Å². The molecular formula is C14H19BrN2O2. The van der Waals surface area contributed by atoms with Gasteiger partial charge in [0.05, 0.1) is 4.47 Å². The second-order valence-electron chi connectivity index (χ2n) is 5.24. The van der Waals surface area contributed by atoms with Crippen LogP contribution < -0.4 is 15.2 Å². The van der Waals surface area contributed by atoms with Crippen molar-refractivity contribution in [3.8, 4) is 11.5 Å². The second-order valence-corrected chi connectivity index (χ2v) is 6.09. The van der Waals surface area contributed by atoms with E-state index in [4.69, 9.17) is 15.2 Å². The molecule has 4 nitrogen and oxygen atoms in total. The van der Waals surface area contributed by atoms with Gasteiger partial charge in [0.2, 0.25) is 0 Å². The Bertz CT molecular complexity index is 481. The Morgan fingerprint density at radius 1 is 1.37 bits per heavy atom. The Morgan fingerprint density at radius 3 is 2.95 bits per heavy atom. The molecule has 2 N–H and O–H groups in total. The molecule has 0 spiro atoms. The average molecular weight is 327 g/mol. The van der Waals surface area contributed by atoms with Crippen LogP contribution in [0.3, 0.4) is 0 Å². The highest BCUT2D eigenvalue weighted by molar-refractivity contribution is 9.10. The topological polar surface area (TPSA) is 47.7 Å². The van der Waals surface area contributed by atoms with E-state index in [9.17, 15) is 0 Å². The molecule has 5 heteroatoms. The number of likely N-dealkylation sites (tertiary alicyclic amines) is 1. The number of benzene rings is 1. The van der Waals surface area contributed by atoms with Crippen LogP contribution in [0.2, 0.25) is 0 Å². The lowest BCUT2D eigenvalue weighted by Gasteiger charge is -2.27. The largest absolute Gasteiger partial charge is 0.486 e. The Hall–Kier alpha value is -0.780. The van der Waals surface area contributed by atoms with E-state index in [2.05, 4.69) is 40.0 Å². The van der Waals surface area contributed by atoms with Crippen molar-refractivity contribution in [1.29, 1.82) is 0 Å². The van der Waals surface area contributed by atoms with E-state index in [-0.39, 0.29) is 0 Å². The summed E-state index contributed by atoms with van der Waals surface area (Å²) in [4.78, 5) is 2.37. The number of halogens is 1. The van der Waals surface area contributed by atoms with Crippen LogP contribution in [0.15, 0.2) is 16.6 Å². The standard InChI is InChI=1S/C14H19BrN2O2/c1-17-3-2-9(8-16)13(17)10-6-11(15)14-12(7-10)18-4-5-19-14/h6-7,9,13H,2-5,8,16H2,1H3. The summed E-state index contributed by atoms with van der Waals surface area (Å²) < 4.78 is 12.3. The highest BCUT2D eigenvalue weighted by Gasteiger charge is 2.33. The third kappa shape index (κ3) is 2.35. The zero-order chi connectivity index (χ0) is 13.4. The van der Waals surface area contributed by atoms with Crippen molar-refractivity contribution in [2.45, 2.75) is 12.5 Å². The molecule has 1 fully saturated rings. The molecule has 2 aliphatic rings. The third-order valence-electron chi connectivity index (χ3n) is 4.04. The van der Waals surface area contributed by atoms with E-state index in [1.54, 1.807) is 0 Å². The predicted octanol–water partition coefficient (Wildman–Crippen LogP) is 2.17.